The maximum Gasteiger partial charge on any atom is 0.495 e. The molecule has 0 aliphatic carbocycles. The predicted octanol–water partition coefficient (Wildman–Crippen LogP) is 2.71. The lowest BCUT2D eigenvalue weighted by Crippen LogP contribution is -2.41. The molecule has 0 unspecified atom stereocenters. The Morgan fingerprint density at radius 3 is 2.05 bits per heavy atom. The van der Waals surface area contributed by atoms with Crippen LogP contribution in [0.3, 0.4) is 0 Å². The second kappa shape index (κ2) is 4.46. The maximum absolute atomic E-state index is 12.9. The monoisotopic (exact) mass is 287 g/mol. The normalized spacial score (nSPS) is 21.3. The van der Waals surface area contributed by atoms with Gasteiger partial charge >= 0.3 is 13.3 Å². The van der Waals surface area contributed by atoms with Crippen LogP contribution in [0.2, 0.25) is 0 Å². The first kappa shape index (κ1) is 15.3. The van der Waals surface area contributed by atoms with Crippen LogP contribution < -0.4 is 5.46 Å². The molecule has 0 bridgehead atoms. The van der Waals surface area contributed by atoms with E-state index in [0.29, 0.717) is 5.46 Å². The van der Waals surface area contributed by atoms with Gasteiger partial charge in [-0.15, -0.1) is 0 Å². The van der Waals surface area contributed by atoms with Gasteiger partial charge in [-0.05, 0) is 51.7 Å². The van der Waals surface area contributed by atoms with Crippen molar-refractivity contribution in [3.8, 4) is 0 Å². The number of aromatic nitrogens is 1. The Kier molecular flexibility index (Phi) is 3.42. The Hall–Kier alpha value is -1.08. The summed E-state index contributed by atoms with van der Waals surface area (Å²) >= 11 is 0. The van der Waals surface area contributed by atoms with Gasteiger partial charge in [-0.1, -0.05) is 0 Å². The van der Waals surface area contributed by atoms with Gasteiger partial charge in [0.1, 0.15) is 5.69 Å². The molecule has 0 saturated carbocycles. The minimum absolute atomic E-state index is 0.0403. The van der Waals surface area contributed by atoms with Gasteiger partial charge in [0.15, 0.2) is 0 Å². The maximum atomic E-state index is 12.9. The molecule has 1 saturated heterocycles. The van der Waals surface area contributed by atoms with E-state index in [1.54, 1.807) is 0 Å². The highest BCUT2D eigenvalue weighted by molar-refractivity contribution is 6.62. The fraction of sp³-hybridized carbons (Fsp3) is 0.615. The number of hydrogen-bond acceptors (Lipinski definition) is 3. The Labute approximate surface area is 116 Å². The molecule has 3 nitrogen and oxygen atoms in total. The number of pyridine rings is 1. The van der Waals surface area contributed by atoms with Gasteiger partial charge in [-0.3, -0.25) is 4.98 Å². The van der Waals surface area contributed by atoms with E-state index in [1.165, 1.54) is 13.0 Å². The molecule has 1 aromatic heterocycles. The average Bonchev–Trinajstić information content (AvgIpc) is 2.46. The third kappa shape index (κ3) is 2.44. The summed E-state index contributed by atoms with van der Waals surface area (Å²) in [7, 11) is -0.816. The molecule has 1 fully saturated rings. The van der Waals surface area contributed by atoms with Crippen LogP contribution in [0.25, 0.3) is 0 Å². The predicted molar refractivity (Wildman–Crippen MR) is 69.7 cm³/mol. The molecule has 20 heavy (non-hydrogen) atoms. The van der Waals surface area contributed by atoms with Crippen LogP contribution in [0.1, 0.15) is 39.0 Å². The van der Waals surface area contributed by atoms with Crippen molar-refractivity contribution in [2.45, 2.75) is 52.0 Å². The van der Waals surface area contributed by atoms with E-state index >= 15 is 0 Å². The van der Waals surface area contributed by atoms with Crippen LogP contribution in [0, 0.1) is 6.92 Å². The van der Waals surface area contributed by atoms with E-state index in [2.05, 4.69) is 4.98 Å². The fourth-order valence-corrected chi connectivity index (χ4v) is 2.06. The number of nitrogens with zero attached hydrogens (tertiary/aromatic N) is 1. The van der Waals surface area contributed by atoms with Crippen molar-refractivity contribution in [3.63, 3.8) is 0 Å². The molecule has 0 N–H and O–H groups in total. The molecule has 0 aromatic carbocycles. The van der Waals surface area contributed by atoms with Crippen LogP contribution in [0.5, 0.6) is 0 Å². The molecule has 0 radical (unpaired) electrons. The van der Waals surface area contributed by atoms with Crippen molar-refractivity contribution in [1.82, 2.24) is 4.98 Å². The largest absolute Gasteiger partial charge is 0.495 e. The van der Waals surface area contributed by atoms with Gasteiger partial charge in [-0.25, -0.2) is 0 Å². The van der Waals surface area contributed by atoms with Crippen LogP contribution in [0.4, 0.5) is 13.2 Å². The Morgan fingerprint density at radius 1 is 1.10 bits per heavy atom. The van der Waals surface area contributed by atoms with Gasteiger partial charge in [0, 0.05) is 6.20 Å². The fourth-order valence-electron chi connectivity index (χ4n) is 2.06. The van der Waals surface area contributed by atoms with Crippen molar-refractivity contribution in [2.75, 3.05) is 0 Å². The Bertz CT molecular complexity index is 513. The van der Waals surface area contributed by atoms with Gasteiger partial charge in [0.05, 0.1) is 11.2 Å². The van der Waals surface area contributed by atoms with E-state index < -0.39 is 30.2 Å². The van der Waals surface area contributed by atoms with Crippen molar-refractivity contribution < 1.29 is 22.5 Å². The summed E-state index contributed by atoms with van der Waals surface area (Å²) in [6.07, 6.45) is -3.35. The Balaban J connectivity index is 2.42. The lowest BCUT2D eigenvalue weighted by molar-refractivity contribution is -0.141. The molecule has 1 aromatic rings. The summed E-state index contributed by atoms with van der Waals surface area (Å²) < 4.78 is 50.2. The van der Waals surface area contributed by atoms with Crippen molar-refractivity contribution in [2.24, 2.45) is 0 Å². The van der Waals surface area contributed by atoms with Crippen molar-refractivity contribution in [3.05, 3.63) is 23.5 Å². The van der Waals surface area contributed by atoms with E-state index in [9.17, 15) is 13.2 Å². The molecule has 2 rings (SSSR count). The molecule has 0 spiro atoms. The number of hydrogen-bond donors (Lipinski definition) is 0. The van der Waals surface area contributed by atoms with Gasteiger partial charge in [-0.2, -0.15) is 13.2 Å². The molecule has 1 aliphatic rings. The highest BCUT2D eigenvalue weighted by Crippen LogP contribution is 2.37. The lowest BCUT2D eigenvalue weighted by Gasteiger charge is -2.32. The SMILES string of the molecule is Cc1c(B2OC(C)(C)C(C)(C)O2)ccnc1C(F)(F)F. The number of halogens is 3. The molecular formula is C13H17BF3NO2. The third-order valence-electron chi connectivity index (χ3n) is 4.02. The first-order valence-electron chi connectivity index (χ1n) is 6.34. The zero-order valence-corrected chi connectivity index (χ0v) is 12.1. The second-order valence-electron chi connectivity index (χ2n) is 5.96. The summed E-state index contributed by atoms with van der Waals surface area (Å²) in [6, 6.07) is 1.51. The lowest BCUT2D eigenvalue weighted by atomic mass is 9.76. The summed E-state index contributed by atoms with van der Waals surface area (Å²) in [4.78, 5) is 3.42. The molecule has 2 heterocycles. The molecule has 110 valence electrons. The number of rotatable bonds is 1. The Morgan fingerprint density at radius 2 is 1.60 bits per heavy atom. The molecule has 1 aliphatic heterocycles. The molecule has 0 atom stereocenters. The van der Waals surface area contributed by atoms with Crippen molar-refractivity contribution in [1.29, 1.82) is 0 Å². The smallest absolute Gasteiger partial charge is 0.399 e. The van der Waals surface area contributed by atoms with Gasteiger partial charge in [0.25, 0.3) is 0 Å². The van der Waals surface area contributed by atoms with Crippen molar-refractivity contribution >= 4 is 12.6 Å². The average molecular weight is 287 g/mol. The highest BCUT2D eigenvalue weighted by atomic mass is 19.4. The topological polar surface area (TPSA) is 31.4 Å². The van der Waals surface area contributed by atoms with Crippen LogP contribution in [0.15, 0.2) is 12.3 Å². The molecular weight excluding hydrogens is 270 g/mol. The third-order valence-corrected chi connectivity index (χ3v) is 4.02. The zero-order chi connectivity index (χ0) is 15.3. The standard InChI is InChI=1S/C13H17BF3NO2/c1-8-9(6-7-18-10(8)13(15,16)17)14-19-11(2,3)12(4,5)20-14/h6-7H,1-5H3. The number of alkyl halides is 3. The minimum atomic E-state index is -4.48. The first-order valence-corrected chi connectivity index (χ1v) is 6.34. The quantitative estimate of drug-likeness (QED) is 0.744. The van der Waals surface area contributed by atoms with Crippen LogP contribution in [-0.4, -0.2) is 23.3 Å². The minimum Gasteiger partial charge on any atom is -0.399 e. The molecule has 0 amide bonds. The van der Waals surface area contributed by atoms with Crippen LogP contribution in [-0.2, 0) is 15.5 Å². The summed E-state index contributed by atoms with van der Waals surface area (Å²) in [5.41, 5.74) is -1.67. The molecule has 7 heteroatoms. The summed E-state index contributed by atoms with van der Waals surface area (Å²) in [5, 5.41) is 0. The second-order valence-corrected chi connectivity index (χ2v) is 5.96. The van der Waals surface area contributed by atoms with E-state index in [-0.39, 0.29) is 5.56 Å². The highest BCUT2D eigenvalue weighted by Gasteiger charge is 2.52. The summed E-state index contributed by atoms with van der Waals surface area (Å²) in [5.74, 6) is 0. The van der Waals surface area contributed by atoms with E-state index in [0.717, 1.165) is 6.20 Å². The van der Waals surface area contributed by atoms with Gasteiger partial charge < -0.3 is 9.31 Å². The summed E-state index contributed by atoms with van der Waals surface area (Å²) in [6.45, 7) is 8.81. The first-order chi connectivity index (χ1) is 8.96. The zero-order valence-electron chi connectivity index (χ0n) is 12.1. The van der Waals surface area contributed by atoms with E-state index in [1.807, 2.05) is 27.7 Å². The van der Waals surface area contributed by atoms with Gasteiger partial charge in [0.2, 0.25) is 0 Å². The van der Waals surface area contributed by atoms with Crippen LogP contribution >= 0.6 is 0 Å². The van der Waals surface area contributed by atoms with E-state index in [4.69, 9.17) is 9.31 Å².